The number of nitrogens with one attached hydrogen (secondary N) is 1. The van der Waals surface area contributed by atoms with Gasteiger partial charge >= 0.3 is 0 Å². The van der Waals surface area contributed by atoms with Crippen LogP contribution in [0.5, 0.6) is 0 Å². The summed E-state index contributed by atoms with van der Waals surface area (Å²) in [7, 11) is 0. The summed E-state index contributed by atoms with van der Waals surface area (Å²) in [6.45, 7) is 1.54. The summed E-state index contributed by atoms with van der Waals surface area (Å²) < 4.78 is 0. The van der Waals surface area contributed by atoms with Crippen LogP contribution in [0.1, 0.15) is 19.3 Å². The van der Waals surface area contributed by atoms with Crippen LogP contribution in [-0.4, -0.2) is 35.8 Å². The van der Waals surface area contributed by atoms with Gasteiger partial charge in [0.2, 0.25) is 0 Å². The molecule has 0 amide bonds. The van der Waals surface area contributed by atoms with E-state index in [-0.39, 0.29) is 0 Å². The Morgan fingerprint density at radius 3 is 3.09 bits per heavy atom. The Labute approximate surface area is 72.8 Å². The molecular weight excluding hydrogens is 158 g/mol. The Balaban J connectivity index is 1.86. The van der Waals surface area contributed by atoms with Crippen LogP contribution in [0.2, 0.25) is 0 Å². The van der Waals surface area contributed by atoms with Crippen LogP contribution >= 0.6 is 11.8 Å². The molecule has 11 heavy (non-hydrogen) atoms. The minimum Gasteiger partial charge on any atom is -0.396 e. The van der Waals surface area contributed by atoms with Crippen LogP contribution in [0, 0.1) is 0 Å². The minimum absolute atomic E-state index is 0.338. The smallest absolute Gasteiger partial charge is 0.0438 e. The van der Waals surface area contributed by atoms with Crippen molar-refractivity contribution in [3.05, 3.63) is 0 Å². The van der Waals surface area contributed by atoms with Crippen molar-refractivity contribution in [3.63, 3.8) is 0 Å². The molecule has 0 radical (unpaired) electrons. The Bertz CT molecular complexity index is 94.1. The maximum absolute atomic E-state index is 8.53. The van der Waals surface area contributed by atoms with E-state index in [2.05, 4.69) is 5.32 Å². The van der Waals surface area contributed by atoms with Crippen molar-refractivity contribution >= 4 is 11.8 Å². The van der Waals surface area contributed by atoms with Gasteiger partial charge in [-0.2, -0.15) is 11.8 Å². The molecular formula is C8H17NOS. The predicted molar refractivity (Wildman–Crippen MR) is 50.1 cm³/mol. The molecule has 0 unspecified atom stereocenters. The van der Waals surface area contributed by atoms with Gasteiger partial charge < -0.3 is 10.4 Å². The van der Waals surface area contributed by atoms with E-state index in [0.29, 0.717) is 6.61 Å². The third kappa shape index (κ3) is 3.99. The molecule has 2 N–H and O–H groups in total. The van der Waals surface area contributed by atoms with E-state index in [1.54, 1.807) is 0 Å². The lowest BCUT2D eigenvalue weighted by Crippen LogP contribution is -2.23. The normalized spacial score (nSPS) is 24.3. The molecule has 1 atom stereocenters. The number of hydrogen-bond acceptors (Lipinski definition) is 3. The van der Waals surface area contributed by atoms with Crippen LogP contribution in [0.25, 0.3) is 0 Å². The van der Waals surface area contributed by atoms with E-state index in [9.17, 15) is 0 Å². The lowest BCUT2D eigenvalue weighted by Gasteiger charge is -2.08. The lowest BCUT2D eigenvalue weighted by atomic mass is 10.3. The number of aliphatic hydroxyl groups is 1. The molecule has 0 saturated carbocycles. The van der Waals surface area contributed by atoms with Gasteiger partial charge in [-0.1, -0.05) is 0 Å². The van der Waals surface area contributed by atoms with E-state index >= 15 is 0 Å². The first-order valence-electron chi connectivity index (χ1n) is 4.35. The molecule has 0 aromatic heterocycles. The van der Waals surface area contributed by atoms with Gasteiger partial charge in [-0.3, -0.25) is 0 Å². The highest BCUT2D eigenvalue weighted by molar-refractivity contribution is 7.99. The molecule has 1 rings (SSSR count). The number of thioether (sulfide) groups is 1. The lowest BCUT2D eigenvalue weighted by molar-refractivity contribution is 0.296. The molecule has 0 aliphatic carbocycles. The first kappa shape index (κ1) is 9.36. The van der Waals surface area contributed by atoms with Gasteiger partial charge in [0.05, 0.1) is 0 Å². The van der Waals surface area contributed by atoms with Crippen molar-refractivity contribution in [1.82, 2.24) is 5.32 Å². The number of aliphatic hydroxyl groups excluding tert-OH is 1. The van der Waals surface area contributed by atoms with Crippen LogP contribution in [0.4, 0.5) is 0 Å². The van der Waals surface area contributed by atoms with Gasteiger partial charge in [0, 0.05) is 18.4 Å². The number of rotatable bonds is 5. The minimum atomic E-state index is 0.338. The number of hydrogen-bond donors (Lipinski definition) is 2. The zero-order valence-electron chi connectivity index (χ0n) is 6.88. The third-order valence-electron chi connectivity index (χ3n) is 1.93. The van der Waals surface area contributed by atoms with E-state index < -0.39 is 0 Å². The summed E-state index contributed by atoms with van der Waals surface area (Å²) in [5.74, 6) is 2.33. The van der Waals surface area contributed by atoms with Crippen LogP contribution in [-0.2, 0) is 0 Å². The second-order valence-corrected chi connectivity index (χ2v) is 4.10. The fraction of sp³-hybridized carbons (Fsp3) is 1.00. The van der Waals surface area contributed by atoms with Gasteiger partial charge in [0.15, 0.2) is 0 Å². The molecule has 1 fully saturated rings. The molecule has 3 heteroatoms. The van der Waals surface area contributed by atoms with E-state index in [1.807, 2.05) is 11.8 Å². The van der Waals surface area contributed by atoms with Gasteiger partial charge in [-0.05, 0) is 31.6 Å². The first-order valence-corrected chi connectivity index (χ1v) is 5.51. The molecule has 1 aliphatic rings. The van der Waals surface area contributed by atoms with E-state index in [4.69, 9.17) is 5.11 Å². The van der Waals surface area contributed by atoms with Crippen molar-refractivity contribution in [2.45, 2.75) is 25.3 Å². The highest BCUT2D eigenvalue weighted by Gasteiger charge is 2.12. The zero-order valence-corrected chi connectivity index (χ0v) is 7.70. The van der Waals surface area contributed by atoms with E-state index in [1.165, 1.54) is 25.1 Å². The largest absolute Gasteiger partial charge is 0.396 e. The fourth-order valence-corrected chi connectivity index (χ4v) is 2.36. The summed E-state index contributed by atoms with van der Waals surface area (Å²) >= 11 is 1.95. The molecule has 1 saturated heterocycles. The summed E-state index contributed by atoms with van der Waals surface area (Å²) in [6, 6.07) is 0.749. The summed E-state index contributed by atoms with van der Waals surface area (Å²) in [5, 5.41) is 12.0. The first-order chi connectivity index (χ1) is 5.43. The molecule has 0 aromatic carbocycles. The van der Waals surface area contributed by atoms with E-state index in [0.717, 1.165) is 18.2 Å². The molecule has 2 nitrogen and oxygen atoms in total. The zero-order chi connectivity index (χ0) is 7.94. The van der Waals surface area contributed by atoms with Gasteiger partial charge in [-0.25, -0.2) is 0 Å². The van der Waals surface area contributed by atoms with Crippen molar-refractivity contribution in [3.8, 4) is 0 Å². The molecule has 1 heterocycles. The maximum atomic E-state index is 8.53. The average Bonchev–Trinajstić information content (AvgIpc) is 2.50. The molecule has 66 valence electrons. The van der Waals surface area contributed by atoms with Crippen molar-refractivity contribution < 1.29 is 5.11 Å². The fourth-order valence-electron chi connectivity index (χ4n) is 1.29. The predicted octanol–water partition coefficient (Wildman–Crippen LogP) is 0.854. The van der Waals surface area contributed by atoms with Crippen molar-refractivity contribution in [2.24, 2.45) is 0 Å². The Morgan fingerprint density at radius 2 is 2.45 bits per heavy atom. The summed E-state index contributed by atoms with van der Waals surface area (Å²) in [4.78, 5) is 0. The Hall–Kier alpha value is 0.270. The van der Waals surface area contributed by atoms with Crippen molar-refractivity contribution in [2.75, 3.05) is 24.7 Å². The SMILES string of the molecule is OCCCSC[C@@H]1CCCN1. The topological polar surface area (TPSA) is 32.3 Å². The standard InChI is InChI=1S/C8H17NOS/c10-5-2-6-11-7-8-3-1-4-9-8/h8-10H,1-7H2/t8-/m0/s1. The molecule has 0 bridgehead atoms. The third-order valence-corrected chi connectivity index (χ3v) is 3.14. The van der Waals surface area contributed by atoms with Gasteiger partial charge in [0.25, 0.3) is 0 Å². The molecule has 1 aliphatic heterocycles. The second-order valence-electron chi connectivity index (χ2n) is 2.95. The Kier molecular flexibility index (Phi) is 4.99. The van der Waals surface area contributed by atoms with Crippen LogP contribution < -0.4 is 5.32 Å². The quantitative estimate of drug-likeness (QED) is 0.608. The molecule has 0 aromatic rings. The maximum Gasteiger partial charge on any atom is 0.0438 e. The van der Waals surface area contributed by atoms with Gasteiger partial charge in [-0.15, -0.1) is 0 Å². The van der Waals surface area contributed by atoms with Crippen molar-refractivity contribution in [1.29, 1.82) is 0 Å². The van der Waals surface area contributed by atoms with Crippen LogP contribution in [0.3, 0.4) is 0 Å². The summed E-state index contributed by atoms with van der Waals surface area (Å²) in [6.07, 6.45) is 3.62. The Morgan fingerprint density at radius 1 is 1.55 bits per heavy atom. The monoisotopic (exact) mass is 175 g/mol. The second kappa shape index (κ2) is 5.86. The van der Waals surface area contributed by atoms with Crippen LogP contribution in [0.15, 0.2) is 0 Å². The highest BCUT2D eigenvalue weighted by Crippen LogP contribution is 2.12. The highest BCUT2D eigenvalue weighted by atomic mass is 32.2. The average molecular weight is 175 g/mol. The van der Waals surface area contributed by atoms with Gasteiger partial charge in [0.1, 0.15) is 0 Å². The summed E-state index contributed by atoms with van der Waals surface area (Å²) in [5.41, 5.74) is 0. The molecule has 0 spiro atoms.